The molecule has 2 aromatic rings. The molecule has 25 heavy (non-hydrogen) atoms. The summed E-state index contributed by atoms with van der Waals surface area (Å²) in [5, 5.41) is 2.86. The summed E-state index contributed by atoms with van der Waals surface area (Å²) in [4.78, 5) is 26.6. The number of carbonyl (C=O) groups excluding carboxylic acids is 2. The lowest BCUT2D eigenvalue weighted by atomic mass is 10.1. The molecule has 5 nitrogen and oxygen atoms in total. The van der Waals surface area contributed by atoms with E-state index in [9.17, 15) is 9.59 Å². The van der Waals surface area contributed by atoms with Gasteiger partial charge in [-0.1, -0.05) is 48.5 Å². The molecule has 5 heteroatoms. The summed E-state index contributed by atoms with van der Waals surface area (Å²) < 4.78 is 5.27. The molecule has 0 spiro atoms. The highest BCUT2D eigenvalue weighted by molar-refractivity contribution is 5.90. The van der Waals surface area contributed by atoms with E-state index in [1.807, 2.05) is 54.6 Å². The van der Waals surface area contributed by atoms with Crippen LogP contribution >= 0.6 is 0 Å². The van der Waals surface area contributed by atoms with Gasteiger partial charge in [0.2, 0.25) is 11.8 Å². The number of ether oxygens (including phenoxy) is 1. The number of para-hydroxylation sites is 1. The Kier molecular flexibility index (Phi) is 5.33. The smallest absolute Gasteiger partial charge is 0.245 e. The summed E-state index contributed by atoms with van der Waals surface area (Å²) in [6.45, 7) is 1.24. The van der Waals surface area contributed by atoms with Crippen LogP contribution in [0.1, 0.15) is 17.5 Å². The summed E-state index contributed by atoms with van der Waals surface area (Å²) >= 11 is 0. The number of hydrogen-bond acceptors (Lipinski definition) is 3. The molecule has 0 radical (unpaired) electrons. The van der Waals surface area contributed by atoms with E-state index < -0.39 is 6.04 Å². The number of hydrogen-bond donors (Lipinski definition) is 1. The largest absolute Gasteiger partial charge is 0.496 e. The van der Waals surface area contributed by atoms with Crippen LogP contribution in [0.2, 0.25) is 0 Å². The molecule has 1 fully saturated rings. The molecular weight excluding hydrogens is 316 g/mol. The molecule has 1 heterocycles. The lowest BCUT2D eigenvalue weighted by Gasteiger charge is -2.17. The van der Waals surface area contributed by atoms with Gasteiger partial charge in [0.25, 0.3) is 0 Å². The quantitative estimate of drug-likeness (QED) is 0.878. The van der Waals surface area contributed by atoms with Gasteiger partial charge in [0, 0.05) is 18.7 Å². The average molecular weight is 338 g/mol. The molecule has 1 aliphatic heterocycles. The summed E-state index contributed by atoms with van der Waals surface area (Å²) in [6, 6.07) is 16.9. The Morgan fingerprint density at radius 3 is 2.64 bits per heavy atom. The molecule has 0 aromatic heterocycles. The van der Waals surface area contributed by atoms with Crippen LogP contribution in [0, 0.1) is 0 Å². The number of nitrogens with zero attached hydrogens (tertiary/aromatic N) is 1. The van der Waals surface area contributed by atoms with Crippen molar-refractivity contribution in [2.75, 3.05) is 13.7 Å². The molecule has 1 unspecified atom stereocenters. The van der Waals surface area contributed by atoms with E-state index in [-0.39, 0.29) is 18.2 Å². The maximum absolute atomic E-state index is 12.5. The zero-order valence-corrected chi connectivity index (χ0v) is 14.3. The van der Waals surface area contributed by atoms with Gasteiger partial charge in [-0.3, -0.25) is 9.59 Å². The van der Waals surface area contributed by atoms with Crippen molar-refractivity contribution in [1.82, 2.24) is 10.2 Å². The predicted molar refractivity (Wildman–Crippen MR) is 95.1 cm³/mol. The van der Waals surface area contributed by atoms with Gasteiger partial charge >= 0.3 is 0 Å². The number of methoxy groups -OCH3 is 1. The van der Waals surface area contributed by atoms with Crippen LogP contribution in [0.15, 0.2) is 54.6 Å². The van der Waals surface area contributed by atoms with Crippen molar-refractivity contribution < 1.29 is 14.3 Å². The van der Waals surface area contributed by atoms with Gasteiger partial charge < -0.3 is 15.0 Å². The topological polar surface area (TPSA) is 58.6 Å². The SMILES string of the molecule is COc1ccccc1CC(=O)NC1CCN(Cc2ccccc2)C1=O. The lowest BCUT2D eigenvalue weighted by Crippen LogP contribution is -2.41. The van der Waals surface area contributed by atoms with Crippen molar-refractivity contribution in [3.05, 3.63) is 65.7 Å². The predicted octanol–water partition coefficient (Wildman–Crippen LogP) is 2.16. The van der Waals surface area contributed by atoms with Gasteiger partial charge in [-0.2, -0.15) is 0 Å². The first-order valence-electron chi connectivity index (χ1n) is 8.41. The van der Waals surface area contributed by atoms with E-state index in [0.29, 0.717) is 25.3 Å². The molecule has 1 atom stereocenters. The number of nitrogens with one attached hydrogen (secondary N) is 1. The van der Waals surface area contributed by atoms with Crippen LogP contribution in [0.5, 0.6) is 5.75 Å². The van der Waals surface area contributed by atoms with Crippen LogP contribution in [-0.2, 0) is 22.6 Å². The van der Waals surface area contributed by atoms with E-state index in [2.05, 4.69) is 5.32 Å². The van der Waals surface area contributed by atoms with Crippen molar-refractivity contribution >= 4 is 11.8 Å². The van der Waals surface area contributed by atoms with E-state index in [1.165, 1.54) is 0 Å². The van der Waals surface area contributed by atoms with Crippen LogP contribution in [0.3, 0.4) is 0 Å². The molecular formula is C20H22N2O3. The number of likely N-dealkylation sites (tertiary alicyclic amines) is 1. The summed E-state index contributed by atoms with van der Waals surface area (Å²) in [5.74, 6) is 0.503. The van der Waals surface area contributed by atoms with Crippen molar-refractivity contribution in [2.24, 2.45) is 0 Å². The molecule has 0 saturated carbocycles. The van der Waals surface area contributed by atoms with Crippen molar-refractivity contribution in [2.45, 2.75) is 25.4 Å². The third-order valence-electron chi connectivity index (χ3n) is 4.39. The molecule has 3 rings (SSSR count). The number of carbonyl (C=O) groups is 2. The molecule has 1 N–H and O–H groups in total. The van der Waals surface area contributed by atoms with Crippen LogP contribution in [-0.4, -0.2) is 36.4 Å². The maximum atomic E-state index is 12.5. The van der Waals surface area contributed by atoms with Gasteiger partial charge in [-0.15, -0.1) is 0 Å². The molecule has 1 saturated heterocycles. The Bertz CT molecular complexity index is 746. The van der Waals surface area contributed by atoms with Gasteiger partial charge in [0.1, 0.15) is 11.8 Å². The van der Waals surface area contributed by atoms with Gasteiger partial charge in [-0.05, 0) is 18.1 Å². The number of benzene rings is 2. The molecule has 0 aliphatic carbocycles. The summed E-state index contributed by atoms with van der Waals surface area (Å²) in [7, 11) is 1.58. The second kappa shape index (κ2) is 7.83. The highest BCUT2D eigenvalue weighted by Crippen LogP contribution is 2.19. The summed E-state index contributed by atoms with van der Waals surface area (Å²) in [5.41, 5.74) is 1.91. The Morgan fingerprint density at radius 2 is 1.88 bits per heavy atom. The number of amides is 2. The second-order valence-corrected chi connectivity index (χ2v) is 6.14. The van der Waals surface area contributed by atoms with Crippen LogP contribution in [0.4, 0.5) is 0 Å². The fraction of sp³-hybridized carbons (Fsp3) is 0.300. The summed E-state index contributed by atoms with van der Waals surface area (Å²) in [6.07, 6.45) is 0.843. The van der Waals surface area contributed by atoms with Crippen LogP contribution < -0.4 is 10.1 Å². The van der Waals surface area contributed by atoms with Crippen molar-refractivity contribution in [3.8, 4) is 5.75 Å². The zero-order chi connectivity index (χ0) is 17.6. The van der Waals surface area contributed by atoms with Crippen LogP contribution in [0.25, 0.3) is 0 Å². The normalized spacial score (nSPS) is 16.8. The fourth-order valence-corrected chi connectivity index (χ4v) is 3.10. The van der Waals surface area contributed by atoms with Gasteiger partial charge in [0.05, 0.1) is 13.5 Å². The molecule has 2 amide bonds. The maximum Gasteiger partial charge on any atom is 0.245 e. The lowest BCUT2D eigenvalue weighted by molar-refractivity contribution is -0.132. The third-order valence-corrected chi connectivity index (χ3v) is 4.39. The van der Waals surface area contributed by atoms with Crippen molar-refractivity contribution in [3.63, 3.8) is 0 Å². The highest BCUT2D eigenvalue weighted by Gasteiger charge is 2.32. The Labute approximate surface area is 147 Å². The van der Waals surface area contributed by atoms with Crippen molar-refractivity contribution in [1.29, 1.82) is 0 Å². The molecule has 2 aromatic carbocycles. The highest BCUT2D eigenvalue weighted by atomic mass is 16.5. The monoisotopic (exact) mass is 338 g/mol. The number of rotatable bonds is 6. The first-order chi connectivity index (χ1) is 12.2. The Morgan fingerprint density at radius 1 is 1.16 bits per heavy atom. The molecule has 130 valence electrons. The molecule has 0 bridgehead atoms. The van der Waals surface area contributed by atoms with Gasteiger partial charge in [-0.25, -0.2) is 0 Å². The zero-order valence-electron chi connectivity index (χ0n) is 14.3. The minimum Gasteiger partial charge on any atom is -0.496 e. The van der Waals surface area contributed by atoms with E-state index >= 15 is 0 Å². The second-order valence-electron chi connectivity index (χ2n) is 6.14. The average Bonchev–Trinajstić information content (AvgIpc) is 2.96. The molecule has 1 aliphatic rings. The van der Waals surface area contributed by atoms with E-state index in [1.54, 1.807) is 12.0 Å². The third kappa shape index (κ3) is 4.18. The Balaban J connectivity index is 1.56. The standard InChI is InChI=1S/C20H22N2O3/c1-25-18-10-6-5-9-16(18)13-19(23)21-17-11-12-22(20(17)24)14-15-7-3-2-4-8-15/h2-10,17H,11-14H2,1H3,(H,21,23). The van der Waals surface area contributed by atoms with Gasteiger partial charge in [0.15, 0.2) is 0 Å². The van der Waals surface area contributed by atoms with E-state index in [0.717, 1.165) is 11.1 Å². The minimum atomic E-state index is -0.439. The first kappa shape index (κ1) is 17.0. The Hall–Kier alpha value is -2.82. The minimum absolute atomic E-state index is 0.0165. The fourth-order valence-electron chi connectivity index (χ4n) is 3.10. The first-order valence-corrected chi connectivity index (χ1v) is 8.41. The van der Waals surface area contributed by atoms with E-state index in [4.69, 9.17) is 4.74 Å².